The molecule has 2 heteroatoms. The van der Waals surface area contributed by atoms with E-state index in [2.05, 4.69) is 51.2 Å². The molecule has 90 valence electrons. The smallest absolute Gasteiger partial charge is 0.0443 e. The highest BCUT2D eigenvalue weighted by atomic mass is 35.5. The van der Waals surface area contributed by atoms with Crippen molar-refractivity contribution in [1.82, 2.24) is 5.32 Å². The van der Waals surface area contributed by atoms with Crippen molar-refractivity contribution in [3.63, 3.8) is 0 Å². The maximum Gasteiger partial charge on any atom is 0.0443 e. The van der Waals surface area contributed by atoms with E-state index in [0.29, 0.717) is 5.92 Å². The van der Waals surface area contributed by atoms with Gasteiger partial charge in [0.2, 0.25) is 0 Å². The molecular weight excluding hydrogens is 218 g/mol. The van der Waals surface area contributed by atoms with E-state index in [1.54, 1.807) is 0 Å². The van der Waals surface area contributed by atoms with E-state index >= 15 is 0 Å². The monoisotopic (exact) mass is 239 g/mol. The summed E-state index contributed by atoms with van der Waals surface area (Å²) in [6.07, 6.45) is 0. The second kappa shape index (κ2) is 5.20. The van der Waals surface area contributed by atoms with Crippen LogP contribution in [-0.4, -0.2) is 13.6 Å². The number of benzene rings is 1. The van der Waals surface area contributed by atoms with Gasteiger partial charge in [-0.2, -0.15) is 0 Å². The zero-order chi connectivity index (χ0) is 12.3. The van der Waals surface area contributed by atoms with Gasteiger partial charge >= 0.3 is 0 Å². The van der Waals surface area contributed by atoms with E-state index in [-0.39, 0.29) is 5.41 Å². The molecule has 0 unspecified atom stereocenters. The van der Waals surface area contributed by atoms with Crippen LogP contribution in [0.15, 0.2) is 18.2 Å². The minimum Gasteiger partial charge on any atom is -0.319 e. The molecule has 1 nitrogen and oxygen atoms in total. The molecule has 0 aliphatic carbocycles. The van der Waals surface area contributed by atoms with Gasteiger partial charge in [0.25, 0.3) is 0 Å². The van der Waals surface area contributed by atoms with Gasteiger partial charge in [-0.05, 0) is 30.2 Å². The third-order valence-electron chi connectivity index (χ3n) is 3.02. The molecule has 0 spiro atoms. The molecule has 0 heterocycles. The molecule has 0 aliphatic rings. The van der Waals surface area contributed by atoms with Crippen LogP contribution in [0.2, 0.25) is 5.02 Å². The first-order valence-electron chi connectivity index (χ1n) is 5.83. The Kier molecular flexibility index (Phi) is 4.40. The highest BCUT2D eigenvalue weighted by Gasteiger charge is 2.20. The molecule has 1 N–H and O–H groups in total. The van der Waals surface area contributed by atoms with Crippen LogP contribution in [0.25, 0.3) is 0 Å². The minimum absolute atomic E-state index is 0.119. The quantitative estimate of drug-likeness (QED) is 0.839. The van der Waals surface area contributed by atoms with Crippen molar-refractivity contribution in [2.75, 3.05) is 13.6 Å². The second-order valence-corrected chi connectivity index (χ2v) is 5.71. The summed E-state index contributed by atoms with van der Waals surface area (Å²) < 4.78 is 0. The molecule has 0 saturated carbocycles. The van der Waals surface area contributed by atoms with Crippen LogP contribution < -0.4 is 5.32 Å². The summed E-state index contributed by atoms with van der Waals surface area (Å²) in [6, 6.07) is 6.45. The van der Waals surface area contributed by atoms with Crippen molar-refractivity contribution >= 4 is 11.6 Å². The summed E-state index contributed by atoms with van der Waals surface area (Å²) in [6.45, 7) is 9.73. The fourth-order valence-electron chi connectivity index (χ4n) is 1.96. The summed E-state index contributed by atoms with van der Waals surface area (Å²) in [5.41, 5.74) is 2.63. The molecule has 0 aromatic heterocycles. The van der Waals surface area contributed by atoms with Crippen LogP contribution in [0, 0.1) is 0 Å². The SMILES string of the molecule is CNCC(C)(C)c1ccc(C(C)C)c(Cl)c1. The van der Waals surface area contributed by atoms with Crippen LogP contribution in [0.5, 0.6) is 0 Å². The van der Waals surface area contributed by atoms with Crippen molar-refractivity contribution in [3.05, 3.63) is 34.3 Å². The largest absolute Gasteiger partial charge is 0.319 e. The van der Waals surface area contributed by atoms with E-state index in [1.807, 2.05) is 7.05 Å². The number of rotatable bonds is 4. The van der Waals surface area contributed by atoms with Gasteiger partial charge in [0.15, 0.2) is 0 Å². The fourth-order valence-corrected chi connectivity index (χ4v) is 2.36. The zero-order valence-corrected chi connectivity index (χ0v) is 11.7. The Morgan fingerprint density at radius 3 is 2.38 bits per heavy atom. The van der Waals surface area contributed by atoms with Crippen LogP contribution in [0.4, 0.5) is 0 Å². The van der Waals surface area contributed by atoms with Gasteiger partial charge in [0.05, 0.1) is 0 Å². The van der Waals surface area contributed by atoms with E-state index in [4.69, 9.17) is 11.6 Å². The lowest BCUT2D eigenvalue weighted by atomic mass is 9.83. The van der Waals surface area contributed by atoms with Gasteiger partial charge in [-0.1, -0.05) is 51.4 Å². The van der Waals surface area contributed by atoms with Crippen molar-refractivity contribution in [1.29, 1.82) is 0 Å². The minimum atomic E-state index is 0.119. The van der Waals surface area contributed by atoms with E-state index in [9.17, 15) is 0 Å². The van der Waals surface area contributed by atoms with Crippen LogP contribution >= 0.6 is 11.6 Å². The van der Waals surface area contributed by atoms with Gasteiger partial charge in [-0.15, -0.1) is 0 Å². The van der Waals surface area contributed by atoms with Crippen LogP contribution in [0.1, 0.15) is 44.7 Å². The van der Waals surface area contributed by atoms with Gasteiger partial charge in [-0.25, -0.2) is 0 Å². The molecule has 0 radical (unpaired) electrons. The zero-order valence-electron chi connectivity index (χ0n) is 10.9. The van der Waals surface area contributed by atoms with Gasteiger partial charge in [0, 0.05) is 17.0 Å². The van der Waals surface area contributed by atoms with Gasteiger partial charge in [-0.3, -0.25) is 0 Å². The Morgan fingerprint density at radius 2 is 1.94 bits per heavy atom. The number of nitrogens with one attached hydrogen (secondary N) is 1. The number of hydrogen-bond donors (Lipinski definition) is 1. The summed E-state index contributed by atoms with van der Waals surface area (Å²) in [4.78, 5) is 0. The molecule has 0 bridgehead atoms. The predicted molar refractivity (Wildman–Crippen MR) is 72.5 cm³/mol. The lowest BCUT2D eigenvalue weighted by Crippen LogP contribution is -2.30. The Bertz CT molecular complexity index is 356. The predicted octanol–water partition coefficient (Wildman–Crippen LogP) is 3.96. The molecule has 0 fully saturated rings. The Hall–Kier alpha value is -0.530. The third-order valence-corrected chi connectivity index (χ3v) is 3.35. The highest BCUT2D eigenvalue weighted by Crippen LogP contribution is 2.30. The lowest BCUT2D eigenvalue weighted by Gasteiger charge is -2.26. The summed E-state index contributed by atoms with van der Waals surface area (Å²) in [5, 5.41) is 4.11. The maximum absolute atomic E-state index is 6.31. The summed E-state index contributed by atoms with van der Waals surface area (Å²) in [7, 11) is 1.98. The average molecular weight is 240 g/mol. The van der Waals surface area contributed by atoms with E-state index < -0.39 is 0 Å². The first kappa shape index (κ1) is 13.5. The Morgan fingerprint density at radius 1 is 1.31 bits per heavy atom. The summed E-state index contributed by atoms with van der Waals surface area (Å²) in [5.74, 6) is 0.481. The molecular formula is C14H22ClN. The Balaban J connectivity index is 3.05. The standard InChI is InChI=1S/C14H22ClN/c1-10(2)12-7-6-11(8-13(12)15)14(3,4)9-16-5/h6-8,10,16H,9H2,1-5H3. The lowest BCUT2D eigenvalue weighted by molar-refractivity contribution is 0.494. The topological polar surface area (TPSA) is 12.0 Å². The normalized spacial score (nSPS) is 12.2. The molecule has 0 atom stereocenters. The molecule has 16 heavy (non-hydrogen) atoms. The first-order valence-corrected chi connectivity index (χ1v) is 6.21. The van der Waals surface area contributed by atoms with Crippen LogP contribution in [-0.2, 0) is 5.41 Å². The molecule has 0 amide bonds. The highest BCUT2D eigenvalue weighted by molar-refractivity contribution is 6.31. The van der Waals surface area contributed by atoms with Crippen molar-refractivity contribution in [3.8, 4) is 0 Å². The first-order chi connectivity index (χ1) is 7.38. The second-order valence-electron chi connectivity index (χ2n) is 5.31. The molecule has 1 aromatic carbocycles. The van der Waals surface area contributed by atoms with Crippen molar-refractivity contribution in [2.24, 2.45) is 0 Å². The summed E-state index contributed by atoms with van der Waals surface area (Å²) >= 11 is 6.31. The fraction of sp³-hybridized carbons (Fsp3) is 0.571. The Labute approximate surface area is 104 Å². The van der Waals surface area contributed by atoms with E-state index in [1.165, 1.54) is 11.1 Å². The molecule has 1 aromatic rings. The van der Waals surface area contributed by atoms with E-state index in [0.717, 1.165) is 11.6 Å². The average Bonchev–Trinajstić information content (AvgIpc) is 2.16. The molecule has 1 rings (SSSR count). The molecule has 0 aliphatic heterocycles. The number of hydrogen-bond acceptors (Lipinski definition) is 1. The third kappa shape index (κ3) is 2.99. The maximum atomic E-state index is 6.31. The van der Waals surface area contributed by atoms with Crippen molar-refractivity contribution in [2.45, 2.75) is 39.0 Å². The van der Waals surface area contributed by atoms with Gasteiger partial charge in [0.1, 0.15) is 0 Å². The van der Waals surface area contributed by atoms with Crippen LogP contribution in [0.3, 0.4) is 0 Å². The number of halogens is 1. The number of likely N-dealkylation sites (N-methyl/N-ethyl adjacent to an activating group) is 1. The van der Waals surface area contributed by atoms with Crippen molar-refractivity contribution < 1.29 is 0 Å². The molecule has 0 saturated heterocycles. The van der Waals surface area contributed by atoms with Gasteiger partial charge < -0.3 is 5.32 Å².